The first-order valence-electron chi connectivity index (χ1n) is 8.38. The molecule has 120 valence electrons. The highest BCUT2D eigenvalue weighted by molar-refractivity contribution is 5.69. The Bertz CT molecular complexity index is 226. The zero-order valence-electron chi connectivity index (χ0n) is 13.7. The van der Waals surface area contributed by atoms with Crippen LogP contribution in [0.5, 0.6) is 0 Å². The van der Waals surface area contributed by atoms with Gasteiger partial charge in [0.15, 0.2) is 0 Å². The molecule has 0 saturated heterocycles. The predicted octanol–water partition coefficient (Wildman–Crippen LogP) is 4.89. The average molecular weight is 286 g/mol. The molecule has 0 aliphatic rings. The first-order valence-corrected chi connectivity index (χ1v) is 8.38. The molecule has 0 aromatic carbocycles. The minimum atomic E-state index is -0.622. The van der Waals surface area contributed by atoms with E-state index in [1.54, 1.807) is 0 Å². The van der Waals surface area contributed by atoms with Crippen molar-refractivity contribution >= 4 is 5.97 Å². The molecule has 0 heterocycles. The van der Waals surface area contributed by atoms with Gasteiger partial charge in [-0.25, -0.2) is 0 Å². The zero-order chi connectivity index (χ0) is 15.2. The van der Waals surface area contributed by atoms with Crippen molar-refractivity contribution in [1.29, 1.82) is 0 Å². The third-order valence-electron chi connectivity index (χ3n) is 3.62. The van der Waals surface area contributed by atoms with Gasteiger partial charge in [0.2, 0.25) is 0 Å². The van der Waals surface area contributed by atoms with Crippen LogP contribution in [0.4, 0.5) is 0 Å². The van der Waals surface area contributed by atoms with Gasteiger partial charge < -0.3 is 9.84 Å². The Hall–Kier alpha value is -0.570. The van der Waals surface area contributed by atoms with Crippen molar-refractivity contribution < 1.29 is 14.6 Å². The van der Waals surface area contributed by atoms with E-state index in [9.17, 15) is 9.90 Å². The Labute approximate surface area is 125 Å². The van der Waals surface area contributed by atoms with E-state index in [0.29, 0.717) is 0 Å². The van der Waals surface area contributed by atoms with Gasteiger partial charge in [0.1, 0.15) is 0 Å². The smallest absolute Gasteiger partial charge is 0.306 e. The predicted molar refractivity (Wildman–Crippen MR) is 84.0 cm³/mol. The molecule has 3 heteroatoms. The van der Waals surface area contributed by atoms with Crippen molar-refractivity contribution in [3.63, 3.8) is 0 Å². The number of unbranched alkanes of at least 4 members (excludes halogenated alkanes) is 3. The highest BCUT2D eigenvalue weighted by Crippen LogP contribution is 2.18. The Morgan fingerprint density at radius 3 is 2.10 bits per heavy atom. The lowest BCUT2D eigenvalue weighted by molar-refractivity contribution is -0.142. The van der Waals surface area contributed by atoms with Gasteiger partial charge in [-0.2, -0.15) is 0 Å². The summed E-state index contributed by atoms with van der Waals surface area (Å²) in [6, 6.07) is 0. The molecule has 0 radical (unpaired) electrons. The Balaban J connectivity index is 3.58. The number of aliphatic carboxylic acids is 1. The minimum absolute atomic E-state index is 0.153. The SMILES string of the molecule is CCCOCCCCC(CCCCCC(C)C)C(=O)O. The molecule has 1 atom stereocenters. The number of hydrogen-bond acceptors (Lipinski definition) is 2. The van der Waals surface area contributed by atoms with Gasteiger partial charge in [-0.15, -0.1) is 0 Å². The molecular weight excluding hydrogens is 252 g/mol. The van der Waals surface area contributed by atoms with Crippen molar-refractivity contribution in [2.75, 3.05) is 13.2 Å². The van der Waals surface area contributed by atoms with Gasteiger partial charge in [-0.1, -0.05) is 52.9 Å². The van der Waals surface area contributed by atoms with E-state index < -0.39 is 5.97 Å². The standard InChI is InChI=1S/C17H34O3/c1-4-13-20-14-9-8-12-16(17(18)19)11-7-5-6-10-15(2)3/h15-16H,4-14H2,1-3H3,(H,18,19). The maximum absolute atomic E-state index is 11.2. The maximum atomic E-state index is 11.2. The fraction of sp³-hybridized carbons (Fsp3) is 0.941. The summed E-state index contributed by atoms with van der Waals surface area (Å²) >= 11 is 0. The fourth-order valence-corrected chi connectivity index (χ4v) is 2.35. The molecule has 0 rings (SSSR count). The van der Waals surface area contributed by atoms with E-state index in [1.165, 1.54) is 19.3 Å². The summed E-state index contributed by atoms with van der Waals surface area (Å²) in [5, 5.41) is 9.23. The van der Waals surface area contributed by atoms with Gasteiger partial charge in [-0.3, -0.25) is 4.79 Å². The van der Waals surface area contributed by atoms with E-state index >= 15 is 0 Å². The quantitative estimate of drug-likeness (QED) is 0.462. The van der Waals surface area contributed by atoms with Gasteiger partial charge in [0.25, 0.3) is 0 Å². The Morgan fingerprint density at radius 1 is 0.950 bits per heavy atom. The molecule has 0 aliphatic carbocycles. The normalized spacial score (nSPS) is 12.8. The van der Waals surface area contributed by atoms with Gasteiger partial charge in [-0.05, 0) is 31.6 Å². The van der Waals surface area contributed by atoms with E-state index in [0.717, 1.165) is 57.7 Å². The lowest BCUT2D eigenvalue weighted by Gasteiger charge is -2.12. The van der Waals surface area contributed by atoms with Crippen LogP contribution in [0.1, 0.15) is 78.6 Å². The largest absolute Gasteiger partial charge is 0.481 e. The van der Waals surface area contributed by atoms with Crippen molar-refractivity contribution in [3.8, 4) is 0 Å². The van der Waals surface area contributed by atoms with Crippen LogP contribution in [-0.4, -0.2) is 24.3 Å². The zero-order valence-corrected chi connectivity index (χ0v) is 13.7. The second-order valence-corrected chi connectivity index (χ2v) is 6.18. The summed E-state index contributed by atoms with van der Waals surface area (Å²) in [5.74, 6) is -0.0167. The van der Waals surface area contributed by atoms with Crippen LogP contribution in [0.3, 0.4) is 0 Å². The number of carbonyl (C=O) groups is 1. The molecule has 0 saturated carbocycles. The molecular formula is C17H34O3. The number of carboxylic acids is 1. The van der Waals surface area contributed by atoms with Crippen molar-refractivity contribution in [1.82, 2.24) is 0 Å². The van der Waals surface area contributed by atoms with E-state index in [4.69, 9.17) is 4.74 Å². The second kappa shape index (κ2) is 13.4. The summed E-state index contributed by atoms with van der Waals surface area (Å²) in [4.78, 5) is 11.2. The molecule has 0 spiro atoms. The molecule has 20 heavy (non-hydrogen) atoms. The molecule has 0 aromatic rings. The lowest BCUT2D eigenvalue weighted by atomic mass is 9.94. The highest BCUT2D eigenvalue weighted by atomic mass is 16.5. The summed E-state index contributed by atoms with van der Waals surface area (Å²) < 4.78 is 5.41. The molecule has 1 unspecified atom stereocenters. The van der Waals surface area contributed by atoms with Crippen LogP contribution in [-0.2, 0) is 9.53 Å². The molecule has 0 aromatic heterocycles. The number of ether oxygens (including phenoxy) is 1. The van der Waals surface area contributed by atoms with Crippen molar-refractivity contribution in [2.24, 2.45) is 11.8 Å². The fourth-order valence-electron chi connectivity index (χ4n) is 2.35. The monoisotopic (exact) mass is 286 g/mol. The summed E-state index contributed by atoms with van der Waals surface area (Å²) in [7, 11) is 0. The van der Waals surface area contributed by atoms with E-state index in [-0.39, 0.29) is 5.92 Å². The second-order valence-electron chi connectivity index (χ2n) is 6.18. The maximum Gasteiger partial charge on any atom is 0.306 e. The van der Waals surface area contributed by atoms with Crippen molar-refractivity contribution in [3.05, 3.63) is 0 Å². The summed E-state index contributed by atoms with van der Waals surface area (Å²) in [6.07, 6.45) is 9.34. The molecule has 3 nitrogen and oxygen atoms in total. The van der Waals surface area contributed by atoms with Gasteiger partial charge >= 0.3 is 5.97 Å². The highest BCUT2D eigenvalue weighted by Gasteiger charge is 2.16. The van der Waals surface area contributed by atoms with Gasteiger partial charge in [0.05, 0.1) is 5.92 Å². The molecule has 0 bridgehead atoms. The van der Waals surface area contributed by atoms with Crippen molar-refractivity contribution in [2.45, 2.75) is 78.6 Å². The average Bonchev–Trinajstić information content (AvgIpc) is 2.39. The van der Waals surface area contributed by atoms with Crippen LogP contribution in [0.25, 0.3) is 0 Å². The first-order chi connectivity index (χ1) is 9.57. The first kappa shape index (κ1) is 19.4. The van der Waals surface area contributed by atoms with Crippen LogP contribution in [0, 0.1) is 11.8 Å². The summed E-state index contributed by atoms with van der Waals surface area (Å²) in [6.45, 7) is 8.16. The third-order valence-corrected chi connectivity index (χ3v) is 3.62. The third kappa shape index (κ3) is 12.5. The topological polar surface area (TPSA) is 46.5 Å². The lowest BCUT2D eigenvalue weighted by Crippen LogP contribution is -2.14. The molecule has 0 amide bonds. The number of rotatable bonds is 14. The van der Waals surface area contributed by atoms with E-state index in [1.807, 2.05) is 0 Å². The Kier molecular flexibility index (Phi) is 13.0. The van der Waals surface area contributed by atoms with Gasteiger partial charge in [0, 0.05) is 13.2 Å². The summed E-state index contributed by atoms with van der Waals surface area (Å²) in [5.41, 5.74) is 0. The molecule has 1 N–H and O–H groups in total. The van der Waals surface area contributed by atoms with E-state index in [2.05, 4.69) is 20.8 Å². The molecule has 0 aliphatic heterocycles. The Morgan fingerprint density at radius 2 is 1.55 bits per heavy atom. The van der Waals surface area contributed by atoms with Crippen LogP contribution in [0.2, 0.25) is 0 Å². The molecule has 0 fully saturated rings. The number of carboxylic acid groups (broad SMARTS) is 1. The number of hydrogen-bond donors (Lipinski definition) is 1. The van der Waals surface area contributed by atoms with Crippen LogP contribution >= 0.6 is 0 Å². The minimum Gasteiger partial charge on any atom is -0.481 e. The van der Waals surface area contributed by atoms with Crippen LogP contribution in [0.15, 0.2) is 0 Å². The van der Waals surface area contributed by atoms with Crippen LogP contribution < -0.4 is 0 Å².